The molecule has 0 saturated carbocycles. The minimum atomic E-state index is -3.85. The van der Waals surface area contributed by atoms with E-state index in [0.717, 1.165) is 11.8 Å². The Morgan fingerprint density at radius 1 is 1.35 bits per heavy atom. The first kappa shape index (κ1) is 15.9. The van der Waals surface area contributed by atoms with Crippen molar-refractivity contribution < 1.29 is 8.42 Å². The molecule has 0 atom stereocenters. The van der Waals surface area contributed by atoms with E-state index >= 15 is 0 Å². The van der Waals surface area contributed by atoms with E-state index in [0.29, 0.717) is 0 Å². The van der Waals surface area contributed by atoms with Crippen molar-refractivity contribution in [1.29, 1.82) is 5.26 Å². The summed E-state index contributed by atoms with van der Waals surface area (Å²) in [5.41, 5.74) is 0.931. The van der Waals surface area contributed by atoms with Gasteiger partial charge in [-0.3, -0.25) is 0 Å². The first-order valence-corrected chi connectivity index (χ1v) is 7.41. The normalized spacial score (nSPS) is 11.3. The van der Waals surface area contributed by atoms with Gasteiger partial charge in [0, 0.05) is 6.20 Å². The predicted molar refractivity (Wildman–Crippen MR) is 81.1 cm³/mol. The van der Waals surface area contributed by atoms with Crippen molar-refractivity contribution in [2.24, 2.45) is 0 Å². The summed E-state index contributed by atoms with van der Waals surface area (Å²) in [6, 6.07) is 7.89. The highest BCUT2D eigenvalue weighted by Crippen LogP contribution is 2.18. The number of thiocarbonyl (C=S) groups is 1. The molecule has 1 aromatic rings. The maximum Gasteiger partial charge on any atom is 0.218 e. The summed E-state index contributed by atoms with van der Waals surface area (Å²) >= 11 is 4.83. The molecular formula is C13H13N3O2S2. The second-order valence-electron chi connectivity index (χ2n) is 3.76. The zero-order valence-electron chi connectivity index (χ0n) is 10.8. The van der Waals surface area contributed by atoms with Gasteiger partial charge in [0.15, 0.2) is 10.0 Å². The topological polar surface area (TPSA) is 82.0 Å². The molecule has 2 N–H and O–H groups in total. The van der Waals surface area contributed by atoms with Gasteiger partial charge in [-0.1, -0.05) is 24.3 Å². The Labute approximate surface area is 123 Å². The maximum atomic E-state index is 12.2. The Morgan fingerprint density at radius 3 is 2.45 bits per heavy atom. The molecule has 5 nitrogen and oxygen atoms in total. The Balaban J connectivity index is 3.08. The van der Waals surface area contributed by atoms with Gasteiger partial charge in [-0.15, -0.1) is 0 Å². The van der Waals surface area contributed by atoms with E-state index in [2.05, 4.69) is 17.2 Å². The average Bonchev–Trinajstić information content (AvgIpc) is 2.40. The van der Waals surface area contributed by atoms with Crippen LogP contribution < -0.4 is 10.6 Å². The van der Waals surface area contributed by atoms with Gasteiger partial charge in [-0.2, -0.15) is 5.26 Å². The molecular weight excluding hydrogens is 294 g/mol. The molecule has 0 heterocycles. The quantitative estimate of drug-likeness (QED) is 0.651. The molecule has 1 aromatic carbocycles. The van der Waals surface area contributed by atoms with Crippen molar-refractivity contribution in [3.63, 3.8) is 0 Å². The zero-order chi connectivity index (χ0) is 15.2. The summed E-state index contributed by atoms with van der Waals surface area (Å²) in [5, 5.41) is 14.2. The van der Waals surface area contributed by atoms with Crippen LogP contribution in [0.1, 0.15) is 5.56 Å². The van der Waals surface area contributed by atoms with Crippen LogP contribution in [0.2, 0.25) is 0 Å². The molecule has 0 unspecified atom stereocenters. The van der Waals surface area contributed by atoms with Gasteiger partial charge in [-0.05, 0) is 37.5 Å². The Bertz CT molecular complexity index is 683. The monoisotopic (exact) mass is 307 g/mol. The molecule has 0 radical (unpaired) electrons. The second kappa shape index (κ2) is 6.84. The number of hydrogen-bond donors (Lipinski definition) is 2. The molecule has 0 bridgehead atoms. The number of rotatable bonds is 4. The standard InChI is InChI=1S/C13H13N3O2S2/c1-3-15-13(19)16-9-12(8-14)20(17,18)11-6-4-10(2)5-7-11/h3-7,9H,1H2,2H3,(H2,15,16,19)/b12-9+. The molecule has 0 spiro atoms. The van der Waals surface area contributed by atoms with Crippen LogP contribution in [0.3, 0.4) is 0 Å². The molecule has 0 amide bonds. The van der Waals surface area contributed by atoms with E-state index in [1.54, 1.807) is 18.2 Å². The van der Waals surface area contributed by atoms with E-state index in [1.165, 1.54) is 18.3 Å². The number of sulfone groups is 1. The van der Waals surface area contributed by atoms with Crippen LogP contribution in [0.25, 0.3) is 0 Å². The minimum absolute atomic E-state index is 0.0558. The molecule has 1 rings (SSSR count). The van der Waals surface area contributed by atoms with Gasteiger partial charge >= 0.3 is 0 Å². The van der Waals surface area contributed by atoms with E-state index in [4.69, 9.17) is 17.5 Å². The lowest BCUT2D eigenvalue weighted by atomic mass is 10.2. The van der Waals surface area contributed by atoms with E-state index < -0.39 is 14.7 Å². The summed E-state index contributed by atoms with van der Waals surface area (Å²) in [7, 11) is -3.85. The molecule has 0 saturated heterocycles. The van der Waals surface area contributed by atoms with Gasteiger partial charge in [0.05, 0.1) is 4.90 Å². The number of aryl methyl sites for hydroxylation is 1. The fraction of sp³-hybridized carbons (Fsp3) is 0.0769. The molecule has 0 aromatic heterocycles. The number of benzene rings is 1. The predicted octanol–water partition coefficient (Wildman–Crippen LogP) is 1.74. The summed E-state index contributed by atoms with van der Waals surface area (Å²) in [6.07, 6.45) is 2.39. The minimum Gasteiger partial charge on any atom is -0.340 e. The Morgan fingerprint density at radius 2 is 1.95 bits per heavy atom. The van der Waals surface area contributed by atoms with Gasteiger partial charge < -0.3 is 10.6 Å². The van der Waals surface area contributed by atoms with Crippen LogP contribution in [0.5, 0.6) is 0 Å². The van der Waals surface area contributed by atoms with E-state index in [1.807, 2.05) is 6.92 Å². The maximum absolute atomic E-state index is 12.2. The van der Waals surface area contributed by atoms with Crippen LogP contribution in [0.15, 0.2) is 53.0 Å². The van der Waals surface area contributed by atoms with Crippen molar-refractivity contribution in [3.8, 4) is 6.07 Å². The first-order valence-electron chi connectivity index (χ1n) is 5.51. The van der Waals surface area contributed by atoms with Gasteiger partial charge in [-0.25, -0.2) is 8.42 Å². The number of hydrogen-bond acceptors (Lipinski definition) is 4. The third-order valence-electron chi connectivity index (χ3n) is 2.30. The first-order chi connectivity index (χ1) is 9.41. The largest absolute Gasteiger partial charge is 0.340 e. The summed E-state index contributed by atoms with van der Waals surface area (Å²) in [5.74, 6) is 0. The number of nitriles is 1. The van der Waals surface area contributed by atoms with Crippen molar-refractivity contribution in [2.45, 2.75) is 11.8 Å². The van der Waals surface area contributed by atoms with Crippen molar-refractivity contribution in [3.05, 3.63) is 53.7 Å². The second-order valence-corrected chi connectivity index (χ2v) is 6.09. The van der Waals surface area contributed by atoms with Crippen molar-refractivity contribution in [1.82, 2.24) is 10.6 Å². The number of nitrogens with zero attached hydrogens (tertiary/aromatic N) is 1. The zero-order valence-corrected chi connectivity index (χ0v) is 12.4. The smallest absolute Gasteiger partial charge is 0.218 e. The molecule has 0 fully saturated rings. The van der Waals surface area contributed by atoms with Gasteiger partial charge in [0.25, 0.3) is 0 Å². The van der Waals surface area contributed by atoms with Crippen LogP contribution in [0, 0.1) is 18.3 Å². The van der Waals surface area contributed by atoms with Crippen LogP contribution >= 0.6 is 12.2 Å². The lowest BCUT2D eigenvalue weighted by Crippen LogP contribution is -2.28. The lowest BCUT2D eigenvalue weighted by molar-refractivity contribution is 0.603. The number of nitrogens with one attached hydrogen (secondary N) is 2. The third-order valence-corrected chi connectivity index (χ3v) is 4.22. The highest BCUT2D eigenvalue weighted by Gasteiger charge is 2.20. The van der Waals surface area contributed by atoms with Crippen LogP contribution in [-0.4, -0.2) is 13.5 Å². The SMILES string of the molecule is C=CNC(=S)N/C=C(\C#N)S(=O)(=O)c1ccc(C)cc1. The molecule has 7 heteroatoms. The molecule has 0 aliphatic carbocycles. The highest BCUT2D eigenvalue weighted by atomic mass is 32.2. The molecule has 20 heavy (non-hydrogen) atoms. The Kier molecular flexibility index (Phi) is 5.43. The van der Waals surface area contributed by atoms with Crippen molar-refractivity contribution >= 4 is 27.2 Å². The molecule has 0 aliphatic heterocycles. The highest BCUT2D eigenvalue weighted by molar-refractivity contribution is 7.95. The van der Waals surface area contributed by atoms with Crippen LogP contribution in [0.4, 0.5) is 0 Å². The summed E-state index contributed by atoms with van der Waals surface area (Å²) in [4.78, 5) is -0.366. The summed E-state index contributed by atoms with van der Waals surface area (Å²) < 4.78 is 24.5. The summed E-state index contributed by atoms with van der Waals surface area (Å²) in [6.45, 7) is 5.26. The molecule has 104 valence electrons. The fourth-order valence-corrected chi connectivity index (χ4v) is 2.50. The van der Waals surface area contributed by atoms with E-state index in [9.17, 15) is 8.42 Å². The molecule has 0 aliphatic rings. The van der Waals surface area contributed by atoms with Gasteiger partial charge in [0.2, 0.25) is 9.84 Å². The van der Waals surface area contributed by atoms with Crippen molar-refractivity contribution in [2.75, 3.05) is 0 Å². The number of allylic oxidation sites excluding steroid dienone is 1. The van der Waals surface area contributed by atoms with E-state index in [-0.39, 0.29) is 10.0 Å². The average molecular weight is 307 g/mol. The lowest BCUT2D eigenvalue weighted by Gasteiger charge is -2.05. The third kappa shape index (κ3) is 3.91. The van der Waals surface area contributed by atoms with Gasteiger partial charge in [0.1, 0.15) is 6.07 Å². The van der Waals surface area contributed by atoms with Crippen LogP contribution in [-0.2, 0) is 9.84 Å². The Hall–Kier alpha value is -2.17. The fourth-order valence-electron chi connectivity index (χ4n) is 1.28.